The summed E-state index contributed by atoms with van der Waals surface area (Å²) in [7, 11) is 1.56. The van der Waals surface area contributed by atoms with Gasteiger partial charge in [0.15, 0.2) is 5.75 Å². The fraction of sp³-hybridized carbons (Fsp3) is 0.467. The molecule has 7 nitrogen and oxygen atoms in total. The van der Waals surface area contributed by atoms with Gasteiger partial charge in [0.2, 0.25) is 5.58 Å². The minimum Gasteiger partial charge on any atom is -0.493 e. The van der Waals surface area contributed by atoms with Crippen molar-refractivity contribution in [3.8, 4) is 11.6 Å². The lowest BCUT2D eigenvalue weighted by Gasteiger charge is -2.19. The Kier molecular flexibility index (Phi) is 4.75. The zero-order chi connectivity index (χ0) is 16.2. The molecule has 1 aromatic carbocycles. The number of fused-ring (bicyclic) bond motifs is 1. The fourth-order valence-corrected chi connectivity index (χ4v) is 1.79. The van der Waals surface area contributed by atoms with Gasteiger partial charge in [-0.3, -0.25) is 0 Å². The highest BCUT2D eigenvalue weighted by atomic mass is 16.6. The van der Waals surface area contributed by atoms with Gasteiger partial charge in [-0.05, 0) is 38.1 Å². The molecule has 2 rings (SSSR count). The second-order valence-corrected chi connectivity index (χ2v) is 5.60. The molecule has 2 aromatic rings. The van der Waals surface area contributed by atoms with Gasteiger partial charge in [-0.25, -0.2) is 4.79 Å². The van der Waals surface area contributed by atoms with Gasteiger partial charge in [0.25, 0.3) is 5.88 Å². The summed E-state index contributed by atoms with van der Waals surface area (Å²) < 4.78 is 21.0. The van der Waals surface area contributed by atoms with E-state index in [-0.39, 0.29) is 6.61 Å². The second-order valence-electron chi connectivity index (χ2n) is 5.60. The Hall–Kier alpha value is -2.44. The van der Waals surface area contributed by atoms with Crippen LogP contribution in [0, 0.1) is 0 Å². The van der Waals surface area contributed by atoms with Crippen molar-refractivity contribution in [2.24, 2.45) is 0 Å². The topological polar surface area (TPSA) is 82.8 Å². The van der Waals surface area contributed by atoms with Gasteiger partial charge in [-0.15, -0.1) is 0 Å². The van der Waals surface area contributed by atoms with Crippen LogP contribution in [-0.2, 0) is 4.74 Å². The van der Waals surface area contributed by atoms with Gasteiger partial charge < -0.3 is 24.1 Å². The van der Waals surface area contributed by atoms with Crippen LogP contribution in [0.1, 0.15) is 20.8 Å². The van der Waals surface area contributed by atoms with E-state index < -0.39 is 11.7 Å². The number of aromatic nitrogens is 1. The van der Waals surface area contributed by atoms with Crippen molar-refractivity contribution in [2.45, 2.75) is 26.4 Å². The summed E-state index contributed by atoms with van der Waals surface area (Å²) in [5, 5.41) is 7.18. The van der Waals surface area contributed by atoms with Gasteiger partial charge in [0.05, 0.1) is 19.0 Å². The minimum absolute atomic E-state index is 0.248. The van der Waals surface area contributed by atoms with Crippen molar-refractivity contribution in [1.82, 2.24) is 10.5 Å². The van der Waals surface area contributed by atoms with E-state index in [4.69, 9.17) is 18.7 Å². The smallest absolute Gasteiger partial charge is 0.407 e. The molecule has 0 fully saturated rings. The highest BCUT2D eigenvalue weighted by molar-refractivity contribution is 5.87. The summed E-state index contributed by atoms with van der Waals surface area (Å²) in [6, 6.07) is 5.43. The van der Waals surface area contributed by atoms with Gasteiger partial charge in [0.1, 0.15) is 12.2 Å². The molecule has 0 saturated heterocycles. The number of alkyl carbamates (subject to hydrolysis) is 1. The molecular weight excluding hydrogens is 288 g/mol. The van der Waals surface area contributed by atoms with Gasteiger partial charge in [-0.1, -0.05) is 6.07 Å². The predicted molar refractivity (Wildman–Crippen MR) is 80.3 cm³/mol. The van der Waals surface area contributed by atoms with Crippen LogP contribution >= 0.6 is 0 Å². The Balaban J connectivity index is 1.87. The lowest BCUT2D eigenvalue weighted by atomic mass is 10.2. The molecule has 0 radical (unpaired) electrons. The molecule has 1 aromatic heterocycles. The summed E-state index contributed by atoms with van der Waals surface area (Å²) in [4.78, 5) is 11.5. The maximum absolute atomic E-state index is 11.5. The molecule has 0 spiro atoms. The van der Waals surface area contributed by atoms with Crippen molar-refractivity contribution >= 4 is 17.1 Å². The number of para-hydroxylation sites is 1. The Morgan fingerprint density at radius 2 is 2.14 bits per heavy atom. The number of ether oxygens (including phenoxy) is 3. The molecule has 0 bridgehead atoms. The zero-order valence-corrected chi connectivity index (χ0v) is 13.1. The molecule has 0 atom stereocenters. The molecule has 7 heteroatoms. The SMILES string of the molecule is COc1cccc2c(OCCNC(=O)OC(C)(C)C)noc12. The summed E-state index contributed by atoms with van der Waals surface area (Å²) in [5.74, 6) is 0.951. The van der Waals surface area contributed by atoms with Gasteiger partial charge in [-0.2, -0.15) is 0 Å². The van der Waals surface area contributed by atoms with E-state index in [1.54, 1.807) is 33.9 Å². The largest absolute Gasteiger partial charge is 0.493 e. The van der Waals surface area contributed by atoms with Gasteiger partial charge >= 0.3 is 6.09 Å². The van der Waals surface area contributed by atoms with Crippen LogP contribution in [0.2, 0.25) is 0 Å². The number of nitrogens with one attached hydrogen (secondary N) is 1. The molecule has 0 aliphatic rings. The van der Waals surface area contributed by atoms with Crippen molar-refractivity contribution < 1.29 is 23.5 Å². The van der Waals surface area contributed by atoms with E-state index in [2.05, 4.69) is 10.5 Å². The maximum Gasteiger partial charge on any atom is 0.407 e. The second kappa shape index (κ2) is 6.55. The predicted octanol–water partition coefficient (Wildman–Crippen LogP) is 2.74. The van der Waals surface area contributed by atoms with Crippen LogP contribution in [0.4, 0.5) is 4.79 Å². The Labute approximate surface area is 128 Å². The molecule has 0 unspecified atom stereocenters. The normalized spacial score (nSPS) is 11.3. The van der Waals surface area contributed by atoms with Crippen LogP contribution < -0.4 is 14.8 Å². The Morgan fingerprint density at radius 3 is 2.82 bits per heavy atom. The number of hydrogen-bond donors (Lipinski definition) is 1. The molecular formula is C15H20N2O5. The highest BCUT2D eigenvalue weighted by Gasteiger charge is 2.16. The van der Waals surface area contributed by atoms with Crippen LogP contribution in [0.25, 0.3) is 11.0 Å². The number of carbonyl (C=O) groups is 1. The molecule has 120 valence electrons. The van der Waals surface area contributed by atoms with Crippen molar-refractivity contribution in [3.05, 3.63) is 18.2 Å². The van der Waals surface area contributed by atoms with E-state index in [1.165, 1.54) is 0 Å². The van der Waals surface area contributed by atoms with Crippen LogP contribution in [0.5, 0.6) is 11.6 Å². The average molecular weight is 308 g/mol. The standard InChI is InChI=1S/C15H20N2O5/c1-15(2,3)21-14(18)16-8-9-20-13-10-6-5-7-11(19-4)12(10)22-17-13/h5-7H,8-9H2,1-4H3,(H,16,18). The first-order valence-corrected chi connectivity index (χ1v) is 6.93. The molecule has 1 heterocycles. The van der Waals surface area contributed by atoms with E-state index >= 15 is 0 Å². The summed E-state index contributed by atoms with van der Waals surface area (Å²) >= 11 is 0. The molecule has 0 aliphatic carbocycles. The highest BCUT2D eigenvalue weighted by Crippen LogP contribution is 2.31. The molecule has 22 heavy (non-hydrogen) atoms. The number of hydrogen-bond acceptors (Lipinski definition) is 6. The minimum atomic E-state index is -0.524. The first-order valence-electron chi connectivity index (χ1n) is 6.93. The zero-order valence-electron chi connectivity index (χ0n) is 13.1. The van der Waals surface area contributed by atoms with Crippen molar-refractivity contribution in [3.63, 3.8) is 0 Å². The molecule has 1 amide bonds. The lowest BCUT2D eigenvalue weighted by molar-refractivity contribution is 0.0520. The summed E-state index contributed by atoms with van der Waals surface area (Å²) in [6.07, 6.45) is -0.484. The number of methoxy groups -OCH3 is 1. The first-order chi connectivity index (χ1) is 10.4. The fourth-order valence-electron chi connectivity index (χ4n) is 1.79. The summed E-state index contributed by atoms with van der Waals surface area (Å²) in [5.41, 5.74) is 0.00387. The van der Waals surface area contributed by atoms with Crippen LogP contribution in [0.3, 0.4) is 0 Å². The van der Waals surface area contributed by atoms with Crippen LogP contribution in [0.15, 0.2) is 22.7 Å². The summed E-state index contributed by atoms with van der Waals surface area (Å²) in [6.45, 7) is 5.96. The number of benzene rings is 1. The third-order valence-corrected chi connectivity index (χ3v) is 2.66. The number of amides is 1. The average Bonchev–Trinajstić information content (AvgIpc) is 2.85. The molecule has 0 aliphatic heterocycles. The monoisotopic (exact) mass is 308 g/mol. The molecule has 1 N–H and O–H groups in total. The quantitative estimate of drug-likeness (QED) is 0.855. The Bertz CT molecular complexity index is 645. The van der Waals surface area contributed by atoms with E-state index in [0.29, 0.717) is 23.8 Å². The lowest BCUT2D eigenvalue weighted by Crippen LogP contribution is -2.34. The van der Waals surface area contributed by atoms with E-state index in [9.17, 15) is 4.79 Å². The van der Waals surface area contributed by atoms with Crippen LogP contribution in [-0.4, -0.2) is 37.1 Å². The van der Waals surface area contributed by atoms with Crippen molar-refractivity contribution in [1.29, 1.82) is 0 Å². The van der Waals surface area contributed by atoms with Crippen molar-refractivity contribution in [2.75, 3.05) is 20.3 Å². The Morgan fingerprint density at radius 1 is 1.36 bits per heavy atom. The van der Waals surface area contributed by atoms with Gasteiger partial charge in [0, 0.05) is 0 Å². The first kappa shape index (κ1) is 15.9. The third kappa shape index (κ3) is 4.03. The van der Waals surface area contributed by atoms with E-state index in [0.717, 1.165) is 5.39 Å². The number of rotatable bonds is 5. The maximum atomic E-state index is 11.5. The molecule has 0 saturated carbocycles. The number of nitrogens with zero attached hydrogens (tertiary/aromatic N) is 1. The van der Waals surface area contributed by atoms with E-state index in [1.807, 2.05) is 12.1 Å². The number of carbonyl (C=O) groups excluding carboxylic acids is 1. The third-order valence-electron chi connectivity index (χ3n) is 2.66.